The zero-order chi connectivity index (χ0) is 16.1. The van der Waals surface area contributed by atoms with Gasteiger partial charge in [0.05, 0.1) is 19.1 Å². The van der Waals surface area contributed by atoms with Gasteiger partial charge in [-0.1, -0.05) is 12.1 Å². The monoisotopic (exact) mass is 302 g/mol. The molecule has 6 heteroatoms. The van der Waals surface area contributed by atoms with Crippen LogP contribution in [0.15, 0.2) is 34.7 Å². The molecule has 0 fully saturated rings. The lowest BCUT2D eigenvalue weighted by molar-refractivity contribution is -0.121. The van der Waals surface area contributed by atoms with Crippen LogP contribution in [0.3, 0.4) is 0 Å². The number of carbonyl (C=O) groups is 2. The standard InChI is InChI=1S/C16H18N2O4/c1-10-8-14(11(2)22-10)16(20)18-17-15(19)9-12-4-6-13(21-3)7-5-12/h4-8H,9H2,1-3H3,(H,17,19)(H,18,20). The highest BCUT2D eigenvalue weighted by Gasteiger charge is 2.14. The van der Waals surface area contributed by atoms with E-state index in [4.69, 9.17) is 9.15 Å². The molecular formula is C16H18N2O4. The minimum atomic E-state index is -0.405. The lowest BCUT2D eigenvalue weighted by Crippen LogP contribution is -2.42. The summed E-state index contributed by atoms with van der Waals surface area (Å²) < 4.78 is 10.3. The third-order valence-electron chi connectivity index (χ3n) is 3.12. The van der Waals surface area contributed by atoms with Gasteiger partial charge < -0.3 is 9.15 Å². The van der Waals surface area contributed by atoms with Crippen LogP contribution in [0.5, 0.6) is 5.75 Å². The van der Waals surface area contributed by atoms with Gasteiger partial charge >= 0.3 is 0 Å². The average molecular weight is 302 g/mol. The zero-order valence-corrected chi connectivity index (χ0v) is 12.7. The van der Waals surface area contributed by atoms with Crippen LogP contribution in [0.25, 0.3) is 0 Å². The summed E-state index contributed by atoms with van der Waals surface area (Å²) in [5, 5.41) is 0. The van der Waals surface area contributed by atoms with Gasteiger partial charge in [-0.15, -0.1) is 0 Å². The topological polar surface area (TPSA) is 80.6 Å². The van der Waals surface area contributed by atoms with Crippen LogP contribution in [0.1, 0.15) is 27.4 Å². The number of amides is 2. The predicted molar refractivity (Wildman–Crippen MR) is 80.5 cm³/mol. The van der Waals surface area contributed by atoms with Crippen LogP contribution in [0.4, 0.5) is 0 Å². The molecule has 0 aliphatic heterocycles. The molecule has 2 rings (SSSR count). The molecule has 0 saturated carbocycles. The van der Waals surface area contributed by atoms with Gasteiger partial charge in [0.1, 0.15) is 17.3 Å². The Morgan fingerprint density at radius 3 is 2.36 bits per heavy atom. The fraction of sp³-hybridized carbons (Fsp3) is 0.250. The third kappa shape index (κ3) is 3.88. The maximum Gasteiger partial charge on any atom is 0.273 e. The summed E-state index contributed by atoms with van der Waals surface area (Å²) in [7, 11) is 1.58. The van der Waals surface area contributed by atoms with E-state index in [1.807, 2.05) is 0 Å². The second-order valence-electron chi connectivity index (χ2n) is 4.85. The van der Waals surface area contributed by atoms with Crippen LogP contribution in [0.2, 0.25) is 0 Å². The summed E-state index contributed by atoms with van der Waals surface area (Å²) in [5.41, 5.74) is 5.98. The number of carbonyl (C=O) groups excluding carboxylic acids is 2. The molecule has 0 atom stereocenters. The molecule has 0 aliphatic rings. The van der Waals surface area contributed by atoms with E-state index in [1.54, 1.807) is 51.3 Å². The average Bonchev–Trinajstić information content (AvgIpc) is 2.84. The van der Waals surface area contributed by atoms with E-state index in [0.717, 1.165) is 11.3 Å². The van der Waals surface area contributed by atoms with E-state index in [9.17, 15) is 9.59 Å². The lowest BCUT2D eigenvalue weighted by Gasteiger charge is -2.07. The van der Waals surface area contributed by atoms with Crippen molar-refractivity contribution in [2.24, 2.45) is 0 Å². The number of ether oxygens (including phenoxy) is 1. The zero-order valence-electron chi connectivity index (χ0n) is 12.7. The van der Waals surface area contributed by atoms with Gasteiger partial charge in [0, 0.05) is 0 Å². The molecule has 1 heterocycles. The normalized spacial score (nSPS) is 10.1. The van der Waals surface area contributed by atoms with Gasteiger partial charge in [0.2, 0.25) is 5.91 Å². The van der Waals surface area contributed by atoms with Gasteiger partial charge in [-0.05, 0) is 37.6 Å². The number of rotatable bonds is 4. The first-order valence-electron chi connectivity index (χ1n) is 6.78. The Morgan fingerprint density at radius 2 is 1.82 bits per heavy atom. The van der Waals surface area contributed by atoms with E-state index < -0.39 is 5.91 Å². The number of furan rings is 1. The number of aryl methyl sites for hydroxylation is 2. The number of benzene rings is 1. The summed E-state index contributed by atoms with van der Waals surface area (Å²) >= 11 is 0. The minimum absolute atomic E-state index is 0.160. The Balaban J connectivity index is 1.87. The van der Waals surface area contributed by atoms with Crippen LogP contribution >= 0.6 is 0 Å². The molecule has 22 heavy (non-hydrogen) atoms. The van der Waals surface area contributed by atoms with Crippen molar-refractivity contribution in [1.82, 2.24) is 10.9 Å². The summed E-state index contributed by atoms with van der Waals surface area (Å²) in [6.07, 6.45) is 0.160. The molecule has 116 valence electrons. The number of hydrazine groups is 1. The Kier molecular flexibility index (Phi) is 4.83. The maximum absolute atomic E-state index is 11.9. The first-order valence-corrected chi connectivity index (χ1v) is 6.78. The van der Waals surface area contributed by atoms with Crippen molar-refractivity contribution in [3.05, 3.63) is 53.0 Å². The molecule has 2 N–H and O–H groups in total. The quantitative estimate of drug-likeness (QED) is 0.845. The molecule has 0 unspecified atom stereocenters. The van der Waals surface area contributed by atoms with Crippen molar-refractivity contribution < 1.29 is 18.7 Å². The highest BCUT2D eigenvalue weighted by molar-refractivity contribution is 5.96. The van der Waals surface area contributed by atoms with E-state index >= 15 is 0 Å². The molecule has 2 aromatic rings. The second-order valence-corrected chi connectivity index (χ2v) is 4.85. The predicted octanol–water partition coefficient (Wildman–Crippen LogP) is 1.91. The van der Waals surface area contributed by atoms with Crippen LogP contribution in [-0.4, -0.2) is 18.9 Å². The molecule has 1 aromatic heterocycles. The fourth-order valence-electron chi connectivity index (χ4n) is 2.02. The molecule has 1 aromatic carbocycles. The Morgan fingerprint density at radius 1 is 1.14 bits per heavy atom. The number of hydrogen-bond donors (Lipinski definition) is 2. The van der Waals surface area contributed by atoms with E-state index in [0.29, 0.717) is 17.1 Å². The third-order valence-corrected chi connectivity index (χ3v) is 3.12. The van der Waals surface area contributed by atoms with E-state index in [2.05, 4.69) is 10.9 Å². The minimum Gasteiger partial charge on any atom is -0.497 e. The van der Waals surface area contributed by atoms with Crippen molar-refractivity contribution in [3.8, 4) is 5.75 Å². The summed E-state index contributed by atoms with van der Waals surface area (Å²) in [6.45, 7) is 3.45. The molecule has 6 nitrogen and oxygen atoms in total. The largest absolute Gasteiger partial charge is 0.497 e. The van der Waals surface area contributed by atoms with Crippen molar-refractivity contribution >= 4 is 11.8 Å². The molecule has 0 spiro atoms. The van der Waals surface area contributed by atoms with Crippen molar-refractivity contribution in [1.29, 1.82) is 0 Å². The molecule has 0 saturated heterocycles. The SMILES string of the molecule is COc1ccc(CC(=O)NNC(=O)c2cc(C)oc2C)cc1. The Labute approximate surface area is 128 Å². The molecule has 0 bridgehead atoms. The van der Waals surface area contributed by atoms with Gasteiger partial charge in [0.25, 0.3) is 5.91 Å². The van der Waals surface area contributed by atoms with E-state index in [1.165, 1.54) is 0 Å². The van der Waals surface area contributed by atoms with Crippen LogP contribution in [-0.2, 0) is 11.2 Å². The second kappa shape index (κ2) is 6.80. The fourth-order valence-corrected chi connectivity index (χ4v) is 2.02. The first-order chi connectivity index (χ1) is 10.5. The molecular weight excluding hydrogens is 284 g/mol. The van der Waals surface area contributed by atoms with Gasteiger partial charge in [-0.2, -0.15) is 0 Å². The van der Waals surface area contributed by atoms with E-state index in [-0.39, 0.29) is 12.3 Å². The number of nitrogens with one attached hydrogen (secondary N) is 2. The Bertz CT molecular complexity index is 674. The highest BCUT2D eigenvalue weighted by Crippen LogP contribution is 2.13. The van der Waals surface area contributed by atoms with Crippen molar-refractivity contribution in [2.45, 2.75) is 20.3 Å². The highest BCUT2D eigenvalue weighted by atomic mass is 16.5. The molecule has 0 radical (unpaired) electrons. The van der Waals surface area contributed by atoms with Crippen LogP contribution < -0.4 is 15.6 Å². The molecule has 0 aliphatic carbocycles. The van der Waals surface area contributed by atoms with Gasteiger partial charge in [-0.25, -0.2) is 0 Å². The maximum atomic E-state index is 11.9. The van der Waals surface area contributed by atoms with Gasteiger partial charge in [-0.3, -0.25) is 20.4 Å². The van der Waals surface area contributed by atoms with Crippen molar-refractivity contribution in [3.63, 3.8) is 0 Å². The Hall–Kier alpha value is -2.76. The van der Waals surface area contributed by atoms with Gasteiger partial charge in [0.15, 0.2) is 0 Å². The number of methoxy groups -OCH3 is 1. The lowest BCUT2D eigenvalue weighted by atomic mass is 10.1. The van der Waals surface area contributed by atoms with Crippen LogP contribution in [0, 0.1) is 13.8 Å². The summed E-state index contributed by atoms with van der Waals surface area (Å²) in [6, 6.07) is 8.77. The smallest absolute Gasteiger partial charge is 0.273 e. The molecule has 2 amide bonds. The summed E-state index contributed by atoms with van der Waals surface area (Å²) in [4.78, 5) is 23.7. The van der Waals surface area contributed by atoms with Crippen molar-refractivity contribution in [2.75, 3.05) is 7.11 Å². The number of hydrogen-bond acceptors (Lipinski definition) is 4. The summed E-state index contributed by atoms with van der Waals surface area (Å²) in [5.74, 6) is 1.17. The first kappa shape index (κ1) is 15.6.